The van der Waals surface area contributed by atoms with Gasteiger partial charge in [0.2, 0.25) is 11.8 Å². The number of nitrogens with zero attached hydrogens (tertiary/aromatic N) is 1. The Kier molecular flexibility index (Phi) is 5.64. The van der Waals surface area contributed by atoms with E-state index in [-0.39, 0.29) is 11.8 Å². The Balaban J connectivity index is 1.68. The summed E-state index contributed by atoms with van der Waals surface area (Å²) in [6.07, 6.45) is 1.72. The molecule has 27 heavy (non-hydrogen) atoms. The topological polar surface area (TPSA) is 67.9 Å². The Morgan fingerprint density at radius 3 is 2.59 bits per heavy atom. The summed E-state index contributed by atoms with van der Waals surface area (Å²) in [4.78, 5) is 26.1. The maximum atomic E-state index is 12.5. The number of fused-ring (bicyclic) bond motifs is 1. The largest absolute Gasteiger partial charge is 0.493 e. The molecular weight excluding hydrogens is 344 g/mol. The molecule has 0 radical (unpaired) electrons. The van der Waals surface area contributed by atoms with Crippen LogP contribution >= 0.6 is 0 Å². The molecule has 0 atom stereocenters. The molecule has 3 rings (SSSR count). The molecular formula is C21H24N2O4. The highest BCUT2D eigenvalue weighted by Gasteiger charge is 2.25. The first kappa shape index (κ1) is 18.8. The van der Waals surface area contributed by atoms with Crippen LogP contribution in [0.25, 0.3) is 0 Å². The predicted molar refractivity (Wildman–Crippen MR) is 105 cm³/mol. The molecule has 1 heterocycles. The van der Waals surface area contributed by atoms with E-state index in [1.54, 1.807) is 26.0 Å². The molecule has 2 amide bonds. The molecule has 6 heteroatoms. The van der Waals surface area contributed by atoms with Gasteiger partial charge in [0, 0.05) is 19.9 Å². The number of carbonyl (C=O) groups excluding carboxylic acids is 2. The number of hydrogen-bond acceptors (Lipinski definition) is 4. The minimum Gasteiger partial charge on any atom is -0.493 e. The van der Waals surface area contributed by atoms with E-state index in [1.165, 1.54) is 0 Å². The van der Waals surface area contributed by atoms with E-state index in [2.05, 4.69) is 5.32 Å². The van der Waals surface area contributed by atoms with Gasteiger partial charge in [-0.25, -0.2) is 0 Å². The lowest BCUT2D eigenvalue weighted by Crippen LogP contribution is -2.27. The first-order valence-corrected chi connectivity index (χ1v) is 8.94. The summed E-state index contributed by atoms with van der Waals surface area (Å²) in [5.41, 5.74) is 3.59. The quantitative estimate of drug-likeness (QED) is 0.850. The van der Waals surface area contributed by atoms with Crippen molar-refractivity contribution in [3.05, 3.63) is 47.5 Å². The summed E-state index contributed by atoms with van der Waals surface area (Å²) in [6, 6.07) is 11.4. The third kappa shape index (κ3) is 4.05. The van der Waals surface area contributed by atoms with E-state index in [1.807, 2.05) is 36.4 Å². The summed E-state index contributed by atoms with van der Waals surface area (Å²) in [5, 5.41) is 2.96. The number of hydrogen-bond donors (Lipinski definition) is 1. The second kappa shape index (κ2) is 8.12. The van der Waals surface area contributed by atoms with E-state index in [9.17, 15) is 9.59 Å². The molecule has 0 aliphatic carbocycles. The molecule has 0 saturated carbocycles. The van der Waals surface area contributed by atoms with Gasteiger partial charge in [-0.1, -0.05) is 18.2 Å². The minimum atomic E-state index is -0.0893. The molecule has 1 aliphatic heterocycles. The Morgan fingerprint density at radius 2 is 1.89 bits per heavy atom. The van der Waals surface area contributed by atoms with Crippen molar-refractivity contribution in [2.45, 2.75) is 26.2 Å². The molecule has 0 saturated heterocycles. The number of nitrogens with one attached hydrogen (secondary N) is 1. The van der Waals surface area contributed by atoms with Crippen molar-refractivity contribution in [1.29, 1.82) is 0 Å². The van der Waals surface area contributed by atoms with Gasteiger partial charge in [-0.2, -0.15) is 0 Å². The van der Waals surface area contributed by atoms with Gasteiger partial charge < -0.3 is 19.7 Å². The summed E-state index contributed by atoms with van der Waals surface area (Å²) in [6.45, 7) is 2.20. The Hall–Kier alpha value is -3.02. The Morgan fingerprint density at radius 1 is 1.11 bits per heavy atom. The number of aryl methyl sites for hydroxylation is 1. The number of amides is 2. The van der Waals surface area contributed by atoms with E-state index in [0.717, 1.165) is 23.2 Å². The number of rotatable bonds is 6. The van der Waals surface area contributed by atoms with Gasteiger partial charge in [0.1, 0.15) is 0 Å². The normalized spacial score (nSPS) is 12.5. The van der Waals surface area contributed by atoms with Crippen LogP contribution in [0, 0.1) is 0 Å². The zero-order valence-electron chi connectivity index (χ0n) is 15.9. The monoisotopic (exact) mass is 368 g/mol. The summed E-state index contributed by atoms with van der Waals surface area (Å²) < 4.78 is 10.5. The molecule has 0 bridgehead atoms. The third-order valence-corrected chi connectivity index (χ3v) is 4.74. The number of carbonyl (C=O) groups is 2. The lowest BCUT2D eigenvalue weighted by molar-refractivity contribution is -0.117. The maximum absolute atomic E-state index is 12.5. The molecule has 0 aromatic heterocycles. The fourth-order valence-electron chi connectivity index (χ4n) is 3.38. The first-order valence-electron chi connectivity index (χ1n) is 8.94. The van der Waals surface area contributed by atoms with Crippen LogP contribution in [0.3, 0.4) is 0 Å². The van der Waals surface area contributed by atoms with Gasteiger partial charge in [-0.05, 0) is 42.2 Å². The van der Waals surface area contributed by atoms with Gasteiger partial charge in [0.15, 0.2) is 11.5 Å². The van der Waals surface area contributed by atoms with Crippen molar-refractivity contribution in [1.82, 2.24) is 0 Å². The van der Waals surface area contributed by atoms with Crippen LogP contribution in [0.2, 0.25) is 0 Å². The zero-order valence-corrected chi connectivity index (χ0v) is 15.9. The third-order valence-electron chi connectivity index (χ3n) is 4.74. The molecule has 0 spiro atoms. The van der Waals surface area contributed by atoms with Gasteiger partial charge in [-0.15, -0.1) is 0 Å². The van der Waals surface area contributed by atoms with Crippen molar-refractivity contribution in [2.75, 3.05) is 31.0 Å². The number of methoxy groups -OCH3 is 2. The summed E-state index contributed by atoms with van der Waals surface area (Å²) >= 11 is 0. The molecule has 0 fully saturated rings. The SMILES string of the molecule is COc1ccc(CCC(=O)Nc2cccc3c2N(C(C)=O)CC3)cc1OC. The predicted octanol–water partition coefficient (Wildman–Crippen LogP) is 3.18. The standard InChI is InChI=1S/C21H24N2O4/c1-14(24)23-12-11-16-5-4-6-17(21(16)23)22-20(25)10-8-15-7-9-18(26-2)19(13-15)27-3/h4-7,9,13H,8,10-12H2,1-3H3,(H,22,25). The van der Waals surface area contributed by atoms with Gasteiger partial charge >= 0.3 is 0 Å². The minimum absolute atomic E-state index is 0.0132. The van der Waals surface area contributed by atoms with Crippen LogP contribution < -0.4 is 19.7 Å². The van der Waals surface area contributed by atoms with Gasteiger partial charge in [0.05, 0.1) is 25.6 Å². The van der Waals surface area contributed by atoms with Crippen LogP contribution in [-0.2, 0) is 22.4 Å². The Labute approximate surface area is 159 Å². The van der Waals surface area contributed by atoms with Crippen molar-refractivity contribution >= 4 is 23.2 Å². The van der Waals surface area contributed by atoms with Crippen LogP contribution in [-0.4, -0.2) is 32.6 Å². The van der Waals surface area contributed by atoms with E-state index < -0.39 is 0 Å². The van der Waals surface area contributed by atoms with Crippen molar-refractivity contribution in [3.8, 4) is 11.5 Å². The van der Waals surface area contributed by atoms with E-state index >= 15 is 0 Å². The highest BCUT2D eigenvalue weighted by molar-refractivity contribution is 6.02. The smallest absolute Gasteiger partial charge is 0.224 e. The molecule has 0 unspecified atom stereocenters. The highest BCUT2D eigenvalue weighted by atomic mass is 16.5. The zero-order chi connectivity index (χ0) is 19.4. The van der Waals surface area contributed by atoms with Crippen molar-refractivity contribution < 1.29 is 19.1 Å². The van der Waals surface area contributed by atoms with Gasteiger partial charge in [0.25, 0.3) is 0 Å². The van der Waals surface area contributed by atoms with Crippen molar-refractivity contribution in [2.24, 2.45) is 0 Å². The highest BCUT2D eigenvalue weighted by Crippen LogP contribution is 2.35. The number of ether oxygens (including phenoxy) is 2. The Bertz CT molecular complexity index is 863. The fourth-order valence-corrected chi connectivity index (χ4v) is 3.38. The molecule has 1 aliphatic rings. The average molecular weight is 368 g/mol. The lowest BCUT2D eigenvalue weighted by Gasteiger charge is -2.19. The first-order chi connectivity index (χ1) is 13.0. The summed E-state index contributed by atoms with van der Waals surface area (Å²) in [7, 11) is 3.18. The second-order valence-electron chi connectivity index (χ2n) is 6.47. The molecule has 2 aromatic rings. The van der Waals surface area contributed by atoms with Crippen LogP contribution in [0.4, 0.5) is 11.4 Å². The summed E-state index contributed by atoms with van der Waals surface area (Å²) in [5.74, 6) is 1.21. The lowest BCUT2D eigenvalue weighted by atomic mass is 10.1. The maximum Gasteiger partial charge on any atom is 0.224 e. The number of anilines is 2. The second-order valence-corrected chi connectivity index (χ2v) is 6.47. The van der Waals surface area contributed by atoms with Crippen LogP contribution in [0.5, 0.6) is 11.5 Å². The number of benzene rings is 2. The van der Waals surface area contributed by atoms with Gasteiger partial charge in [-0.3, -0.25) is 9.59 Å². The number of para-hydroxylation sites is 1. The van der Waals surface area contributed by atoms with E-state index in [0.29, 0.717) is 36.6 Å². The van der Waals surface area contributed by atoms with E-state index in [4.69, 9.17) is 9.47 Å². The average Bonchev–Trinajstić information content (AvgIpc) is 3.11. The van der Waals surface area contributed by atoms with Crippen LogP contribution in [0.15, 0.2) is 36.4 Å². The van der Waals surface area contributed by atoms with Crippen LogP contribution in [0.1, 0.15) is 24.5 Å². The molecule has 2 aromatic carbocycles. The fraction of sp³-hybridized carbons (Fsp3) is 0.333. The molecule has 6 nitrogen and oxygen atoms in total. The molecule has 1 N–H and O–H groups in total. The molecule has 142 valence electrons. The van der Waals surface area contributed by atoms with Crippen molar-refractivity contribution in [3.63, 3.8) is 0 Å².